The van der Waals surface area contributed by atoms with E-state index in [2.05, 4.69) is 4.98 Å². The number of hydrogen-bond acceptors (Lipinski definition) is 3. The van der Waals surface area contributed by atoms with Gasteiger partial charge < -0.3 is 4.40 Å². The zero-order valence-electron chi connectivity index (χ0n) is 6.38. The second-order valence-corrected chi connectivity index (χ2v) is 5.06. The first-order chi connectivity index (χ1) is 6.07. The van der Waals surface area contributed by atoms with Gasteiger partial charge in [0.1, 0.15) is 5.65 Å². The van der Waals surface area contributed by atoms with E-state index < -0.39 is 9.05 Å². The van der Waals surface area contributed by atoms with E-state index in [-0.39, 0.29) is 4.90 Å². The van der Waals surface area contributed by atoms with Crippen molar-refractivity contribution in [1.82, 2.24) is 9.38 Å². The summed E-state index contributed by atoms with van der Waals surface area (Å²) in [5.74, 6) is 0. The molecule has 0 saturated heterocycles. The van der Waals surface area contributed by atoms with Crippen LogP contribution in [0.15, 0.2) is 35.6 Å². The molecule has 2 aromatic rings. The fourth-order valence-electron chi connectivity index (χ4n) is 1.04. The van der Waals surface area contributed by atoms with Crippen molar-refractivity contribution in [2.45, 2.75) is 4.90 Å². The first kappa shape index (κ1) is 8.52. The van der Waals surface area contributed by atoms with Gasteiger partial charge in [0.25, 0.3) is 9.05 Å². The van der Waals surface area contributed by atoms with E-state index in [4.69, 9.17) is 10.7 Å². The number of fused-ring (bicyclic) bond motifs is 1. The molecule has 4 nitrogen and oxygen atoms in total. The van der Waals surface area contributed by atoms with Gasteiger partial charge in [-0.15, -0.1) is 0 Å². The van der Waals surface area contributed by atoms with Gasteiger partial charge in [0.05, 0.1) is 4.90 Å². The minimum atomic E-state index is -3.65. The summed E-state index contributed by atoms with van der Waals surface area (Å²) in [6, 6.07) is 3.01. The Hall–Kier alpha value is -1.07. The van der Waals surface area contributed by atoms with Gasteiger partial charge in [0.15, 0.2) is 0 Å². The maximum Gasteiger partial charge on any atom is 0.262 e. The van der Waals surface area contributed by atoms with Crippen molar-refractivity contribution < 1.29 is 8.42 Å². The third-order valence-electron chi connectivity index (χ3n) is 1.64. The summed E-state index contributed by atoms with van der Waals surface area (Å²) in [6.45, 7) is 0. The Morgan fingerprint density at radius 1 is 1.38 bits per heavy atom. The van der Waals surface area contributed by atoms with E-state index in [0.717, 1.165) is 0 Å². The molecule has 0 fully saturated rings. The number of halogens is 1. The SMILES string of the molecule is O=S(=O)(Cl)c1ccc2nccn2c1. The molecule has 13 heavy (non-hydrogen) atoms. The zero-order valence-corrected chi connectivity index (χ0v) is 7.96. The van der Waals surface area contributed by atoms with E-state index in [9.17, 15) is 8.42 Å². The molecular formula is C7H5ClN2O2S. The number of rotatable bonds is 1. The predicted molar refractivity (Wildman–Crippen MR) is 48.2 cm³/mol. The molecule has 0 spiro atoms. The van der Waals surface area contributed by atoms with Crippen LogP contribution in [0.1, 0.15) is 0 Å². The molecule has 0 aliphatic heterocycles. The number of aromatic nitrogens is 2. The highest BCUT2D eigenvalue weighted by molar-refractivity contribution is 8.13. The lowest BCUT2D eigenvalue weighted by Crippen LogP contribution is -1.93. The predicted octanol–water partition coefficient (Wildman–Crippen LogP) is 1.26. The van der Waals surface area contributed by atoms with Gasteiger partial charge in [-0.3, -0.25) is 0 Å². The molecule has 2 heterocycles. The van der Waals surface area contributed by atoms with Crippen LogP contribution >= 0.6 is 10.7 Å². The van der Waals surface area contributed by atoms with Gasteiger partial charge in [-0.1, -0.05) is 0 Å². The Morgan fingerprint density at radius 2 is 2.15 bits per heavy atom. The summed E-state index contributed by atoms with van der Waals surface area (Å²) in [7, 11) is 1.52. The van der Waals surface area contributed by atoms with Crippen molar-refractivity contribution in [2.24, 2.45) is 0 Å². The Kier molecular flexibility index (Phi) is 1.78. The second-order valence-electron chi connectivity index (χ2n) is 2.50. The lowest BCUT2D eigenvalue weighted by atomic mass is 10.5. The van der Waals surface area contributed by atoms with Crippen LogP contribution in [0.2, 0.25) is 0 Å². The molecule has 2 rings (SSSR count). The minimum Gasteiger partial charge on any atom is -0.306 e. The number of imidazole rings is 1. The molecular weight excluding hydrogens is 212 g/mol. The van der Waals surface area contributed by atoms with Gasteiger partial charge in [0.2, 0.25) is 0 Å². The van der Waals surface area contributed by atoms with Gasteiger partial charge in [-0.05, 0) is 12.1 Å². The highest BCUT2D eigenvalue weighted by Crippen LogP contribution is 2.14. The van der Waals surface area contributed by atoms with E-state index in [1.54, 1.807) is 22.9 Å². The first-order valence-electron chi connectivity index (χ1n) is 3.45. The Labute approximate surface area is 79.2 Å². The van der Waals surface area contributed by atoms with Crippen LogP contribution in [0.5, 0.6) is 0 Å². The molecule has 0 atom stereocenters. The molecule has 0 amide bonds. The maximum atomic E-state index is 10.9. The van der Waals surface area contributed by atoms with Crippen molar-refractivity contribution in [3.63, 3.8) is 0 Å². The molecule has 0 N–H and O–H groups in total. The fraction of sp³-hybridized carbons (Fsp3) is 0. The summed E-state index contributed by atoms with van der Waals surface area (Å²) in [6.07, 6.45) is 4.66. The summed E-state index contributed by atoms with van der Waals surface area (Å²) < 4.78 is 23.5. The average Bonchev–Trinajstić information content (AvgIpc) is 2.47. The maximum absolute atomic E-state index is 10.9. The van der Waals surface area contributed by atoms with E-state index >= 15 is 0 Å². The third kappa shape index (κ3) is 1.52. The van der Waals surface area contributed by atoms with E-state index in [1.165, 1.54) is 12.3 Å². The Bertz CT molecular complexity index is 546. The molecule has 0 bridgehead atoms. The van der Waals surface area contributed by atoms with Crippen molar-refractivity contribution in [2.75, 3.05) is 0 Å². The van der Waals surface area contributed by atoms with Crippen LogP contribution in [-0.4, -0.2) is 17.8 Å². The molecule has 6 heteroatoms. The van der Waals surface area contributed by atoms with Crippen LogP contribution < -0.4 is 0 Å². The van der Waals surface area contributed by atoms with Gasteiger partial charge in [0, 0.05) is 29.3 Å². The average molecular weight is 217 g/mol. The summed E-state index contributed by atoms with van der Waals surface area (Å²) in [5.41, 5.74) is 0.684. The number of pyridine rings is 1. The molecule has 68 valence electrons. The lowest BCUT2D eigenvalue weighted by molar-refractivity contribution is 0.609. The molecule has 0 radical (unpaired) electrons. The molecule has 0 aliphatic rings. The standard InChI is InChI=1S/C7H5ClN2O2S/c8-13(11,12)6-1-2-7-9-3-4-10(7)5-6/h1-5H. The molecule has 0 aromatic carbocycles. The van der Waals surface area contributed by atoms with Crippen LogP contribution in [0.4, 0.5) is 0 Å². The van der Waals surface area contributed by atoms with Crippen LogP contribution in [-0.2, 0) is 9.05 Å². The molecule has 0 saturated carbocycles. The molecule has 0 unspecified atom stereocenters. The van der Waals surface area contributed by atoms with E-state index in [0.29, 0.717) is 5.65 Å². The molecule has 2 aromatic heterocycles. The Balaban J connectivity index is 2.75. The second kappa shape index (κ2) is 2.71. The van der Waals surface area contributed by atoms with Crippen molar-refractivity contribution in [3.05, 3.63) is 30.7 Å². The normalized spacial score (nSPS) is 12.1. The fourth-order valence-corrected chi connectivity index (χ4v) is 1.79. The largest absolute Gasteiger partial charge is 0.306 e. The van der Waals surface area contributed by atoms with Crippen molar-refractivity contribution in [1.29, 1.82) is 0 Å². The van der Waals surface area contributed by atoms with Gasteiger partial charge in [-0.25, -0.2) is 13.4 Å². The van der Waals surface area contributed by atoms with Crippen molar-refractivity contribution in [3.8, 4) is 0 Å². The number of nitrogens with zero attached hydrogens (tertiary/aromatic N) is 2. The summed E-state index contributed by atoms with van der Waals surface area (Å²) >= 11 is 0. The van der Waals surface area contributed by atoms with Crippen LogP contribution in [0.3, 0.4) is 0 Å². The van der Waals surface area contributed by atoms with Gasteiger partial charge in [-0.2, -0.15) is 0 Å². The topological polar surface area (TPSA) is 51.4 Å². The third-order valence-corrected chi connectivity index (χ3v) is 2.98. The lowest BCUT2D eigenvalue weighted by Gasteiger charge is -1.96. The quantitative estimate of drug-likeness (QED) is 0.675. The smallest absolute Gasteiger partial charge is 0.262 e. The molecule has 0 aliphatic carbocycles. The minimum absolute atomic E-state index is 0.0691. The van der Waals surface area contributed by atoms with Crippen LogP contribution in [0.25, 0.3) is 5.65 Å². The monoisotopic (exact) mass is 216 g/mol. The highest BCUT2D eigenvalue weighted by atomic mass is 35.7. The number of hydrogen-bond donors (Lipinski definition) is 0. The Morgan fingerprint density at radius 3 is 2.85 bits per heavy atom. The summed E-state index contributed by atoms with van der Waals surface area (Å²) in [4.78, 5) is 4.04. The highest BCUT2D eigenvalue weighted by Gasteiger charge is 2.09. The van der Waals surface area contributed by atoms with Crippen LogP contribution in [0, 0.1) is 0 Å². The first-order valence-corrected chi connectivity index (χ1v) is 5.76. The van der Waals surface area contributed by atoms with Gasteiger partial charge >= 0.3 is 0 Å². The van der Waals surface area contributed by atoms with Crippen molar-refractivity contribution >= 4 is 25.4 Å². The van der Waals surface area contributed by atoms with E-state index in [1.807, 2.05) is 0 Å². The summed E-state index contributed by atoms with van der Waals surface area (Å²) in [5, 5.41) is 0. The zero-order chi connectivity index (χ0) is 9.47.